The summed E-state index contributed by atoms with van der Waals surface area (Å²) >= 11 is 0. The Kier molecular flexibility index (Phi) is 5.86. The second kappa shape index (κ2) is 8.49. The number of carboxylic acid groups (broad SMARTS) is 1. The Morgan fingerprint density at radius 2 is 1.46 bits per heavy atom. The van der Waals surface area contributed by atoms with E-state index >= 15 is 0 Å². The summed E-state index contributed by atoms with van der Waals surface area (Å²) in [4.78, 5) is 20.4. The van der Waals surface area contributed by atoms with Gasteiger partial charge in [0.05, 0.1) is 19.5 Å². The van der Waals surface area contributed by atoms with Crippen LogP contribution in [0.2, 0.25) is 0 Å². The molecule has 0 aliphatic carbocycles. The molecule has 3 rings (SSSR count). The van der Waals surface area contributed by atoms with Crippen LogP contribution < -0.4 is 9.47 Å². The fourth-order valence-corrected chi connectivity index (χ4v) is 3.10. The Morgan fingerprint density at radius 3 is 1.93 bits per heavy atom. The number of methoxy groups -OCH3 is 2. The molecule has 1 N–H and O–H groups in total. The Labute approximate surface area is 162 Å². The molecule has 0 radical (unpaired) electrons. The molecule has 0 bridgehead atoms. The van der Waals surface area contributed by atoms with Crippen molar-refractivity contribution in [3.63, 3.8) is 0 Å². The van der Waals surface area contributed by atoms with Gasteiger partial charge in [-0.2, -0.15) is 4.98 Å². The molecule has 28 heavy (non-hydrogen) atoms. The standard InChI is InChI=1S/C21H20N2O5/c1-26-17-13-22-14-18(23-17)28-19(20(24)25)21(27-2,15-9-5-3-6-10-15)16-11-7-4-8-12-16/h3-14,19H,1-2H3,(H,24,25). The van der Waals surface area contributed by atoms with Gasteiger partial charge >= 0.3 is 5.97 Å². The third kappa shape index (κ3) is 3.65. The fraction of sp³-hybridized carbons (Fsp3) is 0.190. The van der Waals surface area contributed by atoms with Crippen LogP contribution in [0.5, 0.6) is 11.8 Å². The zero-order valence-corrected chi connectivity index (χ0v) is 15.5. The summed E-state index contributed by atoms with van der Waals surface area (Å²) in [5.74, 6) is -0.983. The zero-order valence-electron chi connectivity index (χ0n) is 15.5. The molecule has 0 spiro atoms. The Hall–Kier alpha value is -3.45. The molecular formula is C21H20N2O5. The molecule has 0 saturated carbocycles. The molecule has 7 heteroatoms. The maximum Gasteiger partial charge on any atom is 0.348 e. The first-order valence-corrected chi connectivity index (χ1v) is 8.53. The van der Waals surface area contributed by atoms with Crippen molar-refractivity contribution >= 4 is 5.97 Å². The summed E-state index contributed by atoms with van der Waals surface area (Å²) in [7, 11) is 2.90. The number of aromatic nitrogens is 2. The third-order valence-electron chi connectivity index (χ3n) is 4.36. The number of hydrogen-bond donors (Lipinski definition) is 1. The van der Waals surface area contributed by atoms with Crippen molar-refractivity contribution in [1.82, 2.24) is 9.97 Å². The average molecular weight is 380 g/mol. The van der Waals surface area contributed by atoms with Crippen molar-refractivity contribution in [2.75, 3.05) is 14.2 Å². The highest BCUT2D eigenvalue weighted by Crippen LogP contribution is 2.38. The first-order valence-electron chi connectivity index (χ1n) is 8.53. The van der Waals surface area contributed by atoms with E-state index in [9.17, 15) is 9.90 Å². The minimum Gasteiger partial charge on any atom is -0.480 e. The van der Waals surface area contributed by atoms with Crippen LogP contribution in [0.4, 0.5) is 0 Å². The Bertz CT molecular complexity index is 879. The number of aliphatic carboxylic acids is 1. The van der Waals surface area contributed by atoms with Crippen molar-refractivity contribution in [2.45, 2.75) is 11.7 Å². The van der Waals surface area contributed by atoms with E-state index in [4.69, 9.17) is 14.2 Å². The maximum atomic E-state index is 12.3. The van der Waals surface area contributed by atoms with Gasteiger partial charge in [0.2, 0.25) is 17.9 Å². The summed E-state index contributed by atoms with van der Waals surface area (Å²) < 4.78 is 16.7. The van der Waals surface area contributed by atoms with Gasteiger partial charge in [-0.1, -0.05) is 60.7 Å². The third-order valence-corrected chi connectivity index (χ3v) is 4.36. The van der Waals surface area contributed by atoms with Gasteiger partial charge in [0.1, 0.15) is 0 Å². The molecule has 7 nitrogen and oxygen atoms in total. The zero-order chi connectivity index (χ0) is 20.0. The van der Waals surface area contributed by atoms with E-state index in [0.717, 1.165) is 0 Å². The van der Waals surface area contributed by atoms with Gasteiger partial charge in [-0.05, 0) is 11.1 Å². The lowest BCUT2D eigenvalue weighted by atomic mass is 9.81. The number of hydrogen-bond acceptors (Lipinski definition) is 6. The molecule has 0 saturated heterocycles. The highest BCUT2D eigenvalue weighted by molar-refractivity contribution is 5.76. The molecule has 1 heterocycles. The van der Waals surface area contributed by atoms with Crippen molar-refractivity contribution in [3.05, 3.63) is 84.2 Å². The van der Waals surface area contributed by atoms with Crippen LogP contribution in [0.3, 0.4) is 0 Å². The van der Waals surface area contributed by atoms with E-state index in [1.54, 1.807) is 24.3 Å². The number of rotatable bonds is 8. The number of carbonyl (C=O) groups is 1. The Morgan fingerprint density at radius 1 is 0.929 bits per heavy atom. The van der Waals surface area contributed by atoms with Crippen LogP contribution >= 0.6 is 0 Å². The summed E-state index contributed by atoms with van der Waals surface area (Å²) in [6, 6.07) is 18.2. The molecule has 2 aromatic carbocycles. The van der Waals surface area contributed by atoms with Crippen molar-refractivity contribution in [2.24, 2.45) is 0 Å². The number of ether oxygens (including phenoxy) is 3. The van der Waals surface area contributed by atoms with E-state index in [0.29, 0.717) is 11.1 Å². The molecule has 144 valence electrons. The number of benzene rings is 2. The van der Waals surface area contributed by atoms with Crippen LogP contribution in [-0.4, -0.2) is 41.4 Å². The minimum absolute atomic E-state index is 0.0139. The van der Waals surface area contributed by atoms with E-state index < -0.39 is 17.7 Å². The highest BCUT2D eigenvalue weighted by Gasteiger charge is 2.49. The van der Waals surface area contributed by atoms with Gasteiger partial charge in [0.25, 0.3) is 0 Å². The maximum absolute atomic E-state index is 12.3. The summed E-state index contributed by atoms with van der Waals surface area (Å²) in [6.07, 6.45) is 1.29. The summed E-state index contributed by atoms with van der Waals surface area (Å²) in [6.45, 7) is 0. The Balaban J connectivity index is 2.16. The van der Waals surface area contributed by atoms with Gasteiger partial charge in [-0.25, -0.2) is 4.79 Å². The van der Waals surface area contributed by atoms with Crippen molar-refractivity contribution in [3.8, 4) is 11.8 Å². The van der Waals surface area contributed by atoms with Crippen LogP contribution in [0, 0.1) is 0 Å². The van der Waals surface area contributed by atoms with E-state index in [1.165, 1.54) is 26.6 Å². The van der Waals surface area contributed by atoms with Gasteiger partial charge in [0.15, 0.2) is 5.60 Å². The molecule has 1 atom stereocenters. The second-order valence-corrected chi connectivity index (χ2v) is 5.91. The van der Waals surface area contributed by atoms with E-state index in [2.05, 4.69) is 9.97 Å². The van der Waals surface area contributed by atoms with Gasteiger partial charge in [-0.15, -0.1) is 0 Å². The van der Waals surface area contributed by atoms with Crippen molar-refractivity contribution in [1.29, 1.82) is 0 Å². The molecule has 1 unspecified atom stereocenters. The average Bonchev–Trinajstić information content (AvgIpc) is 2.75. The minimum atomic E-state index is -1.44. The van der Waals surface area contributed by atoms with Gasteiger partial charge < -0.3 is 19.3 Å². The number of nitrogens with zero attached hydrogens (tertiary/aromatic N) is 2. The van der Waals surface area contributed by atoms with Crippen LogP contribution in [0.25, 0.3) is 0 Å². The smallest absolute Gasteiger partial charge is 0.348 e. The largest absolute Gasteiger partial charge is 0.480 e. The van der Waals surface area contributed by atoms with Crippen LogP contribution in [0.15, 0.2) is 73.1 Å². The molecule has 0 aliphatic rings. The van der Waals surface area contributed by atoms with E-state index in [-0.39, 0.29) is 11.8 Å². The monoisotopic (exact) mass is 380 g/mol. The van der Waals surface area contributed by atoms with Gasteiger partial charge in [-0.3, -0.25) is 4.98 Å². The lowest BCUT2D eigenvalue weighted by Gasteiger charge is -2.37. The summed E-state index contributed by atoms with van der Waals surface area (Å²) in [5, 5.41) is 10.1. The molecule has 0 aliphatic heterocycles. The second-order valence-electron chi connectivity index (χ2n) is 5.91. The first-order chi connectivity index (χ1) is 13.6. The van der Waals surface area contributed by atoms with Crippen molar-refractivity contribution < 1.29 is 24.1 Å². The topological polar surface area (TPSA) is 90.8 Å². The SMILES string of the molecule is COc1cncc(OC(C(=O)O)C(OC)(c2ccccc2)c2ccccc2)n1. The lowest BCUT2D eigenvalue weighted by molar-refractivity contribution is -0.160. The predicted molar refractivity (Wildman–Crippen MR) is 101 cm³/mol. The van der Waals surface area contributed by atoms with E-state index in [1.807, 2.05) is 36.4 Å². The number of carboxylic acids is 1. The van der Waals surface area contributed by atoms with Crippen LogP contribution in [-0.2, 0) is 15.1 Å². The predicted octanol–water partition coefficient (Wildman–Crippen LogP) is 2.91. The molecule has 0 amide bonds. The molecule has 0 fully saturated rings. The lowest BCUT2D eigenvalue weighted by Crippen LogP contribution is -2.50. The molecular weight excluding hydrogens is 360 g/mol. The molecule has 3 aromatic rings. The quantitative estimate of drug-likeness (QED) is 0.642. The van der Waals surface area contributed by atoms with Gasteiger partial charge in [0, 0.05) is 7.11 Å². The fourth-order valence-electron chi connectivity index (χ4n) is 3.10. The summed E-state index contributed by atoms with van der Waals surface area (Å²) in [5.41, 5.74) is -0.155. The van der Waals surface area contributed by atoms with Crippen LogP contribution in [0.1, 0.15) is 11.1 Å². The first kappa shape index (κ1) is 19.3. The normalized spacial score (nSPS) is 12.2. The highest BCUT2D eigenvalue weighted by atomic mass is 16.6. The molecule has 1 aromatic heterocycles.